The molecule has 3 aliphatic carbocycles. The second kappa shape index (κ2) is 35.2. The van der Waals surface area contributed by atoms with Crippen LogP contribution in [0.5, 0.6) is 0 Å². The summed E-state index contributed by atoms with van der Waals surface area (Å²) in [6.07, 6.45) is 21.1. The van der Waals surface area contributed by atoms with Crippen LogP contribution in [-0.2, 0) is 83.5 Å². The zero-order valence-electron chi connectivity index (χ0n) is 74.7. The molecule has 0 N–H and O–H groups in total. The minimum absolute atomic E-state index is 0.941. The molecule has 0 amide bonds. The van der Waals surface area contributed by atoms with Crippen LogP contribution in [0.2, 0.25) is 0 Å². The molecule has 27 rings (SSSR count). The number of rotatable bonds is 0. The normalized spacial score (nSPS) is 14.0. The maximum atomic E-state index is 4.43. The van der Waals surface area contributed by atoms with Crippen molar-refractivity contribution >= 4 is 79.8 Å². The number of benzene rings is 14. The van der Waals surface area contributed by atoms with Crippen molar-refractivity contribution in [1.82, 2.24) is 15.0 Å². The maximum Gasteiger partial charge on any atom is 0.136 e. The zero-order valence-corrected chi connectivity index (χ0v) is 74.7. The number of fused-ring (bicyclic) bond motifs is 22. The summed E-state index contributed by atoms with van der Waals surface area (Å²) in [5, 5.41) is 0. The molecule has 10 heteroatoms. The van der Waals surface area contributed by atoms with Crippen molar-refractivity contribution in [3.05, 3.63) is 503 Å². The van der Waals surface area contributed by atoms with Gasteiger partial charge >= 0.3 is 0 Å². The van der Waals surface area contributed by atoms with Crippen LogP contribution < -0.4 is 34.3 Å². The summed E-state index contributed by atoms with van der Waals surface area (Å²) in [7, 11) is 15.0. The molecule has 129 heavy (non-hydrogen) atoms. The Bertz CT molecular complexity index is 6510. The van der Waals surface area contributed by atoms with E-state index in [-0.39, 0.29) is 0 Å². The van der Waals surface area contributed by atoms with E-state index in [0.29, 0.717) is 0 Å². The molecule has 7 aliphatic heterocycles. The Hall–Kier alpha value is -14.9. The molecule has 0 atom stereocenters. The Balaban J connectivity index is 0.0000000922. The van der Waals surface area contributed by atoms with Crippen molar-refractivity contribution in [1.29, 1.82) is 0 Å². The topological polar surface area (TPSA) is 61.4 Å². The molecule has 10 heterocycles. The van der Waals surface area contributed by atoms with E-state index >= 15 is 0 Å². The van der Waals surface area contributed by atoms with E-state index in [9.17, 15) is 0 Å². The number of pyridine rings is 3. The molecule has 0 unspecified atom stereocenters. The number of nitrogens with zero attached hydrogens (tertiary/aromatic N) is 10. The highest BCUT2D eigenvalue weighted by molar-refractivity contribution is 5.82. The lowest BCUT2D eigenvalue weighted by Gasteiger charge is -2.34. The smallest absolute Gasteiger partial charge is 0.136 e. The largest absolute Gasteiger partial charge is 0.344 e. The molecule has 10 aliphatic rings. The third kappa shape index (κ3) is 15.8. The highest BCUT2D eigenvalue weighted by Gasteiger charge is 2.32. The third-order valence-electron chi connectivity index (χ3n) is 28.1. The second-order valence-corrected chi connectivity index (χ2v) is 35.7. The molecule has 0 radical (unpaired) electrons. The van der Waals surface area contributed by atoms with Gasteiger partial charge in [-0.2, -0.15) is 0 Å². The highest BCUT2D eigenvalue weighted by Crippen LogP contribution is 2.48. The van der Waals surface area contributed by atoms with E-state index < -0.39 is 0 Å². The Kier molecular flexibility index (Phi) is 22.1. The van der Waals surface area contributed by atoms with Gasteiger partial charge in [-0.3, -0.25) is 9.97 Å². The first-order chi connectivity index (χ1) is 63.4. The van der Waals surface area contributed by atoms with Gasteiger partial charge in [0.05, 0.1) is 11.4 Å². The van der Waals surface area contributed by atoms with Crippen LogP contribution in [-0.4, -0.2) is 64.3 Å². The van der Waals surface area contributed by atoms with Crippen LogP contribution in [0.25, 0.3) is 0 Å². The van der Waals surface area contributed by atoms with Gasteiger partial charge in [0.15, 0.2) is 0 Å². The molecule has 0 saturated carbocycles. The van der Waals surface area contributed by atoms with Crippen LogP contribution in [0.15, 0.2) is 358 Å². The van der Waals surface area contributed by atoms with Crippen molar-refractivity contribution in [2.75, 3.05) is 83.6 Å². The number of para-hydroxylation sites is 8. The first-order valence-electron chi connectivity index (χ1n) is 45.6. The van der Waals surface area contributed by atoms with Crippen LogP contribution >= 0.6 is 0 Å². The minimum atomic E-state index is 0.941. The standard InChI is InChI=1S/3C22H19N.C14H13N.3C13H12N2/c1-23-21-9-5-4-8-17(21)12-20-13-18-10-15-6-2-3-7-16(15)11-19(18)14-22(20)23;1-23-21-9-5-4-8-18(21)13-19-11-10-17-12-15-6-2-3-7-16(15)14-20(17)22(19)23;1-23-21-9-5-4-8-18(21)14-20-19-13-16-7-3-2-6-15(16)12-17(19)10-11-22(20)23;1-15-13-8-4-2-6-11(13)10-12-7-3-5-9-14(12)15;1-15-12-7-3-2-5-10(12)9-11-6-4-8-14-13(11)15;1-15-12-6-3-2-5-10(12)9-11-13(15)7-4-8-14-11;1-15-12-5-3-2-4-10(12)8-11-9-14-7-6-13(11)15/h2-9,13-14H,10-12H2,1H3;2*2-11H,12-14H2,1H3;2-9H,10H2,1H3;2*2-8H,9H2,1H3;2-7,9H,8H2,1H3. The van der Waals surface area contributed by atoms with Crippen LogP contribution in [0, 0.1) is 0 Å². The first kappa shape index (κ1) is 81.2. The summed E-state index contributed by atoms with van der Waals surface area (Å²) < 4.78 is 0. The molecule has 0 saturated heterocycles. The van der Waals surface area contributed by atoms with Crippen molar-refractivity contribution < 1.29 is 0 Å². The quantitative estimate of drug-likeness (QED) is 0.147. The Morgan fingerprint density at radius 2 is 0.473 bits per heavy atom. The average molecular weight is 1680 g/mol. The van der Waals surface area contributed by atoms with Crippen molar-refractivity contribution in [3.63, 3.8) is 0 Å². The van der Waals surface area contributed by atoms with Gasteiger partial charge in [-0.1, -0.05) is 249 Å². The summed E-state index contributed by atoms with van der Waals surface area (Å²) >= 11 is 0. The van der Waals surface area contributed by atoms with Gasteiger partial charge in [0.2, 0.25) is 0 Å². The molecule has 17 aromatic rings. The molecule has 3 aromatic heterocycles. The third-order valence-corrected chi connectivity index (χ3v) is 28.1. The molecular formula is C119H106N10. The van der Waals surface area contributed by atoms with E-state index in [2.05, 4.69) is 420 Å². The predicted molar refractivity (Wildman–Crippen MR) is 536 cm³/mol. The van der Waals surface area contributed by atoms with E-state index in [1.807, 2.05) is 36.9 Å². The van der Waals surface area contributed by atoms with Gasteiger partial charge in [-0.15, -0.1) is 0 Å². The Morgan fingerprint density at radius 1 is 0.171 bits per heavy atom. The molecular weight excluding hydrogens is 1570 g/mol. The minimum Gasteiger partial charge on any atom is -0.344 e. The maximum absolute atomic E-state index is 4.43. The fraction of sp³-hybridized carbons (Fsp3) is 0.168. The summed E-state index contributed by atoms with van der Waals surface area (Å²) in [5.74, 6) is 1.08. The molecule has 0 fully saturated rings. The lowest BCUT2D eigenvalue weighted by Crippen LogP contribution is -2.22. The molecule has 14 aromatic carbocycles. The van der Waals surface area contributed by atoms with Crippen LogP contribution in [0.3, 0.4) is 0 Å². The fourth-order valence-corrected chi connectivity index (χ4v) is 21.5. The fourth-order valence-electron chi connectivity index (χ4n) is 21.5. The SMILES string of the molecule is CN1c2ccccc2Cc2c1ccc1c2Cc2ccccc2C1.CN1c2ccccc2Cc2cc3c(cc21)Cc1ccccc1C3.CN1c2ccccc2Cc2ccc3c(c21)Cc1ccccc1C3.CN1c2ccccc2Cc2ccccc21.CN1c2ccccc2Cc2cccnc21.CN1c2ccccc2Cc2cnccc21.CN1c2ccccc2Cc2ncccc21. The highest BCUT2D eigenvalue weighted by atomic mass is 15.2. The summed E-state index contributed by atoms with van der Waals surface area (Å²) in [6, 6.07) is 120. The number of aromatic nitrogens is 3. The zero-order chi connectivity index (χ0) is 87.2. The lowest BCUT2D eigenvalue weighted by atomic mass is 9.80. The van der Waals surface area contributed by atoms with Gasteiger partial charge in [0, 0.05) is 194 Å². The Morgan fingerprint density at radius 3 is 0.984 bits per heavy atom. The molecule has 0 bridgehead atoms. The summed E-state index contributed by atoms with van der Waals surface area (Å²) in [6.45, 7) is 0. The summed E-state index contributed by atoms with van der Waals surface area (Å²) in [4.78, 5) is 29.0. The predicted octanol–water partition coefficient (Wildman–Crippen LogP) is 26.2. The number of anilines is 14. The van der Waals surface area contributed by atoms with Gasteiger partial charge < -0.3 is 34.3 Å². The first-order valence-corrected chi connectivity index (χ1v) is 45.6. The van der Waals surface area contributed by atoms with E-state index in [1.165, 1.54) is 213 Å². The van der Waals surface area contributed by atoms with Gasteiger partial charge in [-0.25, -0.2) is 4.98 Å². The van der Waals surface area contributed by atoms with Crippen LogP contribution in [0.4, 0.5) is 79.8 Å². The molecule has 0 spiro atoms. The second-order valence-electron chi connectivity index (χ2n) is 35.7. The Labute approximate surface area is 760 Å². The van der Waals surface area contributed by atoms with Crippen molar-refractivity contribution in [2.24, 2.45) is 0 Å². The van der Waals surface area contributed by atoms with E-state index in [1.54, 1.807) is 5.56 Å². The van der Waals surface area contributed by atoms with Crippen LogP contribution in [0.1, 0.15) is 145 Å². The van der Waals surface area contributed by atoms with E-state index in [0.717, 1.165) is 89.3 Å². The van der Waals surface area contributed by atoms with Crippen molar-refractivity contribution in [3.8, 4) is 0 Å². The van der Waals surface area contributed by atoms with E-state index in [4.69, 9.17) is 0 Å². The van der Waals surface area contributed by atoms with Crippen molar-refractivity contribution in [2.45, 2.75) is 83.5 Å². The number of hydrogen-bond acceptors (Lipinski definition) is 10. The monoisotopic (exact) mass is 1670 g/mol. The number of hydrogen-bond donors (Lipinski definition) is 0. The summed E-state index contributed by atoms with van der Waals surface area (Å²) in [5.41, 5.74) is 54.7. The van der Waals surface area contributed by atoms with Gasteiger partial charge in [-0.05, 0) is 256 Å². The molecule has 10 nitrogen and oxygen atoms in total. The lowest BCUT2D eigenvalue weighted by molar-refractivity contribution is 0.946. The van der Waals surface area contributed by atoms with Gasteiger partial charge in [0.25, 0.3) is 0 Å². The molecule has 632 valence electrons. The van der Waals surface area contributed by atoms with Gasteiger partial charge in [0.1, 0.15) is 5.82 Å². The average Bonchev–Trinajstić information content (AvgIpc) is 0.750.